The molecular formula is C19H19ClN2O. The van der Waals surface area contributed by atoms with E-state index in [1.54, 1.807) is 12.5 Å². The highest BCUT2D eigenvalue weighted by molar-refractivity contribution is 6.30. The van der Waals surface area contributed by atoms with Gasteiger partial charge in [-0.1, -0.05) is 29.3 Å². The number of aromatic nitrogens is 2. The molecule has 0 saturated carbocycles. The van der Waals surface area contributed by atoms with Gasteiger partial charge in [-0.15, -0.1) is 0 Å². The van der Waals surface area contributed by atoms with E-state index < -0.39 is 6.10 Å². The number of hydrogen-bond donors (Lipinski definition) is 1. The summed E-state index contributed by atoms with van der Waals surface area (Å²) in [5.41, 5.74) is 5.96. The third kappa shape index (κ3) is 3.16. The van der Waals surface area contributed by atoms with E-state index in [-0.39, 0.29) is 0 Å². The molecular weight excluding hydrogens is 308 g/mol. The Bertz CT molecular complexity index is 818. The second kappa shape index (κ2) is 6.19. The van der Waals surface area contributed by atoms with Crippen molar-refractivity contribution in [3.8, 4) is 5.69 Å². The van der Waals surface area contributed by atoms with Crippen molar-refractivity contribution >= 4 is 11.6 Å². The Balaban J connectivity index is 2.08. The van der Waals surface area contributed by atoms with Crippen molar-refractivity contribution in [2.24, 2.45) is 0 Å². The Morgan fingerprint density at radius 3 is 2.35 bits per heavy atom. The van der Waals surface area contributed by atoms with Crippen LogP contribution in [0.4, 0.5) is 0 Å². The van der Waals surface area contributed by atoms with Gasteiger partial charge in [0, 0.05) is 23.1 Å². The minimum Gasteiger partial charge on any atom is -0.384 e. The van der Waals surface area contributed by atoms with Crippen molar-refractivity contribution in [1.29, 1.82) is 0 Å². The normalized spacial score (nSPS) is 12.4. The average molecular weight is 327 g/mol. The first kappa shape index (κ1) is 15.8. The van der Waals surface area contributed by atoms with Gasteiger partial charge in [-0.05, 0) is 61.2 Å². The molecule has 3 rings (SSSR count). The van der Waals surface area contributed by atoms with E-state index in [0.29, 0.717) is 5.02 Å². The molecule has 0 aliphatic carbocycles. The zero-order chi connectivity index (χ0) is 16.6. The van der Waals surface area contributed by atoms with E-state index in [9.17, 15) is 5.11 Å². The topological polar surface area (TPSA) is 38.0 Å². The number of imidazole rings is 1. The first-order valence-electron chi connectivity index (χ1n) is 7.50. The van der Waals surface area contributed by atoms with Gasteiger partial charge >= 0.3 is 0 Å². The van der Waals surface area contributed by atoms with Gasteiger partial charge in [-0.2, -0.15) is 0 Å². The molecule has 0 spiro atoms. The number of aliphatic hydroxyl groups is 1. The van der Waals surface area contributed by atoms with Gasteiger partial charge in [0.15, 0.2) is 0 Å². The van der Waals surface area contributed by atoms with Crippen LogP contribution in [0.1, 0.15) is 33.9 Å². The summed E-state index contributed by atoms with van der Waals surface area (Å²) in [6.45, 7) is 6.12. The standard InChI is InChI=1S/C19H19ClN2O/c1-12-6-13(2)18(14(3)7-12)19(23)15-8-16(20)10-17(9-15)22-5-4-21-11-22/h4-11,19,23H,1-3H3. The molecule has 1 heterocycles. The lowest BCUT2D eigenvalue weighted by atomic mass is 9.92. The molecule has 3 aromatic rings. The quantitative estimate of drug-likeness (QED) is 0.767. The summed E-state index contributed by atoms with van der Waals surface area (Å²) in [6, 6.07) is 9.79. The molecule has 2 aromatic carbocycles. The Hall–Kier alpha value is -2.10. The van der Waals surface area contributed by atoms with E-state index in [0.717, 1.165) is 27.9 Å². The number of nitrogens with zero attached hydrogens (tertiary/aromatic N) is 2. The highest BCUT2D eigenvalue weighted by Crippen LogP contribution is 2.31. The lowest BCUT2D eigenvalue weighted by Crippen LogP contribution is -2.06. The number of aryl methyl sites for hydroxylation is 3. The van der Waals surface area contributed by atoms with Crippen LogP contribution >= 0.6 is 11.6 Å². The van der Waals surface area contributed by atoms with Crippen LogP contribution in [0, 0.1) is 20.8 Å². The molecule has 118 valence electrons. The van der Waals surface area contributed by atoms with Gasteiger partial charge in [0.2, 0.25) is 0 Å². The number of halogens is 1. The van der Waals surface area contributed by atoms with Crippen LogP contribution in [0.5, 0.6) is 0 Å². The van der Waals surface area contributed by atoms with Crippen molar-refractivity contribution in [3.05, 3.63) is 81.9 Å². The fourth-order valence-corrected chi connectivity index (χ4v) is 3.34. The van der Waals surface area contributed by atoms with E-state index in [4.69, 9.17) is 11.6 Å². The van der Waals surface area contributed by atoms with Crippen LogP contribution in [0.25, 0.3) is 5.69 Å². The first-order valence-corrected chi connectivity index (χ1v) is 7.88. The SMILES string of the molecule is Cc1cc(C)c(C(O)c2cc(Cl)cc(-n3ccnc3)c2)c(C)c1. The lowest BCUT2D eigenvalue weighted by molar-refractivity contribution is 0.218. The largest absolute Gasteiger partial charge is 0.384 e. The summed E-state index contributed by atoms with van der Waals surface area (Å²) < 4.78 is 1.87. The summed E-state index contributed by atoms with van der Waals surface area (Å²) in [6.07, 6.45) is 4.57. The van der Waals surface area contributed by atoms with Crippen molar-refractivity contribution in [2.75, 3.05) is 0 Å². The van der Waals surface area contributed by atoms with Crippen molar-refractivity contribution in [2.45, 2.75) is 26.9 Å². The molecule has 0 amide bonds. The van der Waals surface area contributed by atoms with Crippen LogP contribution in [-0.4, -0.2) is 14.7 Å². The van der Waals surface area contributed by atoms with Crippen molar-refractivity contribution in [3.63, 3.8) is 0 Å². The maximum absolute atomic E-state index is 10.9. The molecule has 1 aromatic heterocycles. The van der Waals surface area contributed by atoms with E-state index in [2.05, 4.69) is 24.0 Å². The zero-order valence-corrected chi connectivity index (χ0v) is 14.2. The molecule has 0 radical (unpaired) electrons. The van der Waals surface area contributed by atoms with Crippen LogP contribution in [-0.2, 0) is 0 Å². The van der Waals surface area contributed by atoms with E-state index >= 15 is 0 Å². The van der Waals surface area contributed by atoms with Crippen LogP contribution in [0.2, 0.25) is 5.02 Å². The van der Waals surface area contributed by atoms with Crippen LogP contribution in [0.15, 0.2) is 49.1 Å². The van der Waals surface area contributed by atoms with Gasteiger partial charge in [-0.25, -0.2) is 4.98 Å². The second-order valence-electron chi connectivity index (χ2n) is 5.93. The van der Waals surface area contributed by atoms with Gasteiger partial charge in [0.05, 0.1) is 6.33 Å². The number of hydrogen-bond acceptors (Lipinski definition) is 2. The summed E-state index contributed by atoms with van der Waals surface area (Å²) in [7, 11) is 0. The maximum atomic E-state index is 10.9. The molecule has 0 bridgehead atoms. The van der Waals surface area contributed by atoms with Gasteiger partial charge in [-0.3, -0.25) is 0 Å². The van der Waals surface area contributed by atoms with Gasteiger partial charge in [0.25, 0.3) is 0 Å². The molecule has 0 aliphatic rings. The highest BCUT2D eigenvalue weighted by atomic mass is 35.5. The number of rotatable bonds is 3. The Kier molecular flexibility index (Phi) is 4.24. The smallest absolute Gasteiger partial charge is 0.105 e. The van der Waals surface area contributed by atoms with Crippen molar-refractivity contribution in [1.82, 2.24) is 9.55 Å². The molecule has 0 saturated heterocycles. The van der Waals surface area contributed by atoms with Gasteiger partial charge in [0.1, 0.15) is 6.10 Å². The predicted octanol–water partition coefficient (Wildman–Crippen LogP) is 4.53. The Morgan fingerprint density at radius 1 is 1.04 bits per heavy atom. The first-order chi connectivity index (χ1) is 11.0. The minimum absolute atomic E-state index is 0.590. The fraction of sp³-hybridized carbons (Fsp3) is 0.211. The summed E-state index contributed by atoms with van der Waals surface area (Å²) in [5, 5.41) is 11.5. The summed E-state index contributed by atoms with van der Waals surface area (Å²) >= 11 is 6.26. The van der Waals surface area contributed by atoms with E-state index in [1.165, 1.54) is 5.56 Å². The van der Waals surface area contributed by atoms with Crippen LogP contribution in [0.3, 0.4) is 0 Å². The molecule has 3 nitrogen and oxygen atoms in total. The zero-order valence-electron chi connectivity index (χ0n) is 13.4. The Labute approximate surface area is 141 Å². The Morgan fingerprint density at radius 2 is 1.74 bits per heavy atom. The number of benzene rings is 2. The maximum Gasteiger partial charge on any atom is 0.105 e. The highest BCUT2D eigenvalue weighted by Gasteiger charge is 2.17. The molecule has 1 atom stereocenters. The molecule has 1 unspecified atom stereocenters. The molecule has 4 heteroatoms. The van der Waals surface area contributed by atoms with Crippen molar-refractivity contribution < 1.29 is 5.11 Å². The van der Waals surface area contributed by atoms with Crippen LogP contribution < -0.4 is 0 Å². The summed E-state index contributed by atoms with van der Waals surface area (Å²) in [5.74, 6) is 0. The van der Waals surface area contributed by atoms with Gasteiger partial charge < -0.3 is 9.67 Å². The third-order valence-corrected chi connectivity index (χ3v) is 4.25. The molecule has 23 heavy (non-hydrogen) atoms. The second-order valence-corrected chi connectivity index (χ2v) is 6.36. The number of aliphatic hydroxyl groups excluding tert-OH is 1. The predicted molar refractivity (Wildman–Crippen MR) is 93.3 cm³/mol. The summed E-state index contributed by atoms with van der Waals surface area (Å²) in [4.78, 5) is 4.06. The third-order valence-electron chi connectivity index (χ3n) is 4.03. The average Bonchev–Trinajstić information content (AvgIpc) is 2.99. The lowest BCUT2D eigenvalue weighted by Gasteiger charge is -2.19. The molecule has 1 N–H and O–H groups in total. The molecule has 0 aliphatic heterocycles. The van der Waals surface area contributed by atoms with E-state index in [1.807, 2.05) is 42.8 Å². The monoisotopic (exact) mass is 326 g/mol. The molecule has 0 fully saturated rings. The fourth-order valence-electron chi connectivity index (χ4n) is 3.10. The minimum atomic E-state index is -0.712.